The first-order valence-electron chi connectivity index (χ1n) is 9.53. The lowest BCUT2D eigenvalue weighted by molar-refractivity contribution is 0.104. The Kier molecular flexibility index (Phi) is 5.71. The molecule has 6 heteroatoms. The highest BCUT2D eigenvalue weighted by Crippen LogP contribution is 2.32. The zero-order valence-electron chi connectivity index (χ0n) is 16.6. The number of halogens is 2. The van der Waals surface area contributed by atoms with E-state index < -0.39 is 23.0 Å². The van der Waals surface area contributed by atoms with Crippen LogP contribution in [0.25, 0.3) is 23.0 Å². The molecule has 0 amide bonds. The molecule has 0 aliphatic rings. The molecule has 4 nitrogen and oxygen atoms in total. The topological polar surface area (TPSA) is 44.1 Å². The van der Waals surface area contributed by atoms with E-state index in [1.165, 1.54) is 12.1 Å². The van der Waals surface area contributed by atoms with Crippen LogP contribution in [-0.4, -0.2) is 22.7 Å². The van der Waals surface area contributed by atoms with Crippen molar-refractivity contribution in [1.29, 1.82) is 0 Å². The van der Waals surface area contributed by atoms with E-state index in [9.17, 15) is 13.6 Å². The molecule has 154 valence electrons. The zero-order chi connectivity index (χ0) is 21.8. The Labute approximate surface area is 178 Å². The van der Waals surface area contributed by atoms with Crippen LogP contribution in [0.3, 0.4) is 0 Å². The average Bonchev–Trinajstić information content (AvgIpc) is 3.22. The van der Waals surface area contributed by atoms with E-state index in [2.05, 4.69) is 5.10 Å². The number of hydrogen-bond acceptors (Lipinski definition) is 3. The molecule has 0 aliphatic carbocycles. The minimum absolute atomic E-state index is 0.569. The third kappa shape index (κ3) is 4.14. The fourth-order valence-corrected chi connectivity index (χ4v) is 3.25. The van der Waals surface area contributed by atoms with Crippen LogP contribution >= 0.6 is 0 Å². The fourth-order valence-electron chi connectivity index (χ4n) is 3.25. The van der Waals surface area contributed by atoms with E-state index in [0.29, 0.717) is 17.0 Å². The summed E-state index contributed by atoms with van der Waals surface area (Å²) in [4.78, 5) is 12.5. The zero-order valence-corrected chi connectivity index (χ0v) is 16.6. The van der Waals surface area contributed by atoms with Crippen molar-refractivity contribution in [2.24, 2.45) is 0 Å². The van der Waals surface area contributed by atoms with Gasteiger partial charge in [-0.3, -0.25) is 4.79 Å². The number of benzene rings is 3. The predicted octanol–water partition coefficient (Wildman–Crippen LogP) is 5.72. The predicted molar refractivity (Wildman–Crippen MR) is 115 cm³/mol. The van der Waals surface area contributed by atoms with Gasteiger partial charge in [0.25, 0.3) is 0 Å². The van der Waals surface area contributed by atoms with E-state index in [1.807, 2.05) is 54.6 Å². The van der Waals surface area contributed by atoms with E-state index in [-0.39, 0.29) is 0 Å². The maximum atomic E-state index is 14.0. The lowest BCUT2D eigenvalue weighted by Crippen LogP contribution is -2.02. The van der Waals surface area contributed by atoms with Gasteiger partial charge in [0.05, 0.1) is 18.4 Å². The van der Waals surface area contributed by atoms with Crippen LogP contribution in [0.1, 0.15) is 15.9 Å². The highest BCUT2D eigenvalue weighted by molar-refractivity contribution is 6.07. The van der Waals surface area contributed by atoms with Crippen LogP contribution in [0.4, 0.5) is 8.78 Å². The molecular weight excluding hydrogens is 398 g/mol. The second kappa shape index (κ2) is 8.75. The van der Waals surface area contributed by atoms with Crippen molar-refractivity contribution in [1.82, 2.24) is 9.78 Å². The molecule has 0 aliphatic heterocycles. The Hall–Kier alpha value is -4.06. The Balaban J connectivity index is 1.80. The molecule has 0 fully saturated rings. The highest BCUT2D eigenvalue weighted by atomic mass is 19.1. The van der Waals surface area contributed by atoms with Crippen LogP contribution in [0.15, 0.2) is 85.1 Å². The van der Waals surface area contributed by atoms with Crippen LogP contribution in [0.5, 0.6) is 5.75 Å². The summed E-state index contributed by atoms with van der Waals surface area (Å²) in [6.07, 6.45) is 4.40. The molecule has 0 spiro atoms. The lowest BCUT2D eigenvalue weighted by Gasteiger charge is -2.06. The van der Waals surface area contributed by atoms with Crippen molar-refractivity contribution < 1.29 is 18.3 Å². The summed E-state index contributed by atoms with van der Waals surface area (Å²) in [5.74, 6) is -1.96. The van der Waals surface area contributed by atoms with Gasteiger partial charge in [-0.05, 0) is 48.6 Å². The Morgan fingerprint density at radius 3 is 2.32 bits per heavy atom. The summed E-state index contributed by atoms with van der Waals surface area (Å²) in [6, 6.07) is 20.2. The largest absolute Gasteiger partial charge is 0.496 e. The van der Waals surface area contributed by atoms with E-state index >= 15 is 0 Å². The smallest absolute Gasteiger partial charge is 0.191 e. The van der Waals surface area contributed by atoms with Gasteiger partial charge < -0.3 is 4.74 Å². The normalized spacial score (nSPS) is 11.1. The minimum Gasteiger partial charge on any atom is -0.496 e. The number of carbonyl (C=O) groups is 1. The Morgan fingerprint density at radius 1 is 0.935 bits per heavy atom. The second-order valence-corrected chi connectivity index (χ2v) is 6.71. The van der Waals surface area contributed by atoms with Crippen molar-refractivity contribution in [3.05, 3.63) is 108 Å². The molecule has 1 aromatic heterocycles. The molecule has 0 saturated carbocycles. The highest BCUT2D eigenvalue weighted by Gasteiger charge is 2.17. The number of rotatable bonds is 6. The third-order valence-corrected chi connectivity index (χ3v) is 4.75. The number of para-hydroxylation sites is 2. The summed E-state index contributed by atoms with van der Waals surface area (Å²) < 4.78 is 35.1. The molecule has 3 aromatic carbocycles. The SMILES string of the molecule is COc1ccccc1-c1nn(-c2ccccc2)cc1/C=C/C(=O)c1c(F)cccc1F. The second-order valence-electron chi connectivity index (χ2n) is 6.71. The van der Waals surface area contributed by atoms with Crippen molar-refractivity contribution >= 4 is 11.9 Å². The number of aromatic nitrogens is 2. The quantitative estimate of drug-likeness (QED) is 0.298. The van der Waals surface area contributed by atoms with Crippen molar-refractivity contribution in [3.63, 3.8) is 0 Å². The van der Waals surface area contributed by atoms with Crippen molar-refractivity contribution in [2.75, 3.05) is 7.11 Å². The van der Waals surface area contributed by atoms with Crippen LogP contribution in [0.2, 0.25) is 0 Å². The maximum Gasteiger partial charge on any atom is 0.191 e. The van der Waals surface area contributed by atoms with E-state index in [0.717, 1.165) is 29.5 Å². The average molecular weight is 416 g/mol. The first kappa shape index (κ1) is 20.2. The summed E-state index contributed by atoms with van der Waals surface area (Å²) in [6.45, 7) is 0. The number of allylic oxidation sites excluding steroid dienone is 1. The van der Waals surface area contributed by atoms with Gasteiger partial charge in [0.1, 0.15) is 23.1 Å². The molecule has 0 bridgehead atoms. The molecule has 1 heterocycles. The van der Waals surface area contributed by atoms with Gasteiger partial charge in [0, 0.05) is 17.3 Å². The van der Waals surface area contributed by atoms with E-state index in [1.54, 1.807) is 18.0 Å². The molecule has 0 radical (unpaired) electrons. The first-order valence-corrected chi connectivity index (χ1v) is 9.53. The number of hydrogen-bond donors (Lipinski definition) is 0. The standard InChI is InChI=1S/C25H18F2N2O2/c1-31-23-13-6-5-10-19(23)25-17(16-29(28-25)18-8-3-2-4-9-18)14-15-22(30)24-20(26)11-7-12-21(24)27/h2-16H,1H3/b15-14+. The number of carbonyl (C=O) groups excluding carboxylic acids is 1. The van der Waals surface area contributed by atoms with Crippen LogP contribution in [-0.2, 0) is 0 Å². The Morgan fingerprint density at radius 2 is 1.61 bits per heavy atom. The third-order valence-electron chi connectivity index (χ3n) is 4.75. The van der Waals surface area contributed by atoms with Gasteiger partial charge in [-0.1, -0.05) is 36.4 Å². The molecule has 4 aromatic rings. The molecule has 0 N–H and O–H groups in total. The molecule has 31 heavy (non-hydrogen) atoms. The molecule has 4 rings (SSSR count). The van der Waals surface area contributed by atoms with Gasteiger partial charge in [-0.2, -0.15) is 5.10 Å². The Bertz CT molecular complexity index is 1240. The maximum absolute atomic E-state index is 14.0. The number of nitrogens with zero attached hydrogens (tertiary/aromatic N) is 2. The summed E-state index contributed by atoms with van der Waals surface area (Å²) in [5.41, 5.74) is 2.12. The van der Waals surface area contributed by atoms with Gasteiger partial charge in [-0.25, -0.2) is 13.5 Å². The van der Waals surface area contributed by atoms with Gasteiger partial charge >= 0.3 is 0 Å². The van der Waals surface area contributed by atoms with Crippen LogP contribution in [0, 0.1) is 11.6 Å². The van der Waals surface area contributed by atoms with Crippen LogP contribution < -0.4 is 4.74 Å². The van der Waals surface area contributed by atoms with E-state index in [4.69, 9.17) is 4.74 Å². The summed E-state index contributed by atoms with van der Waals surface area (Å²) in [5, 5.41) is 4.67. The first-order chi connectivity index (χ1) is 15.1. The lowest BCUT2D eigenvalue weighted by atomic mass is 10.0. The number of ether oxygens (including phenoxy) is 1. The summed E-state index contributed by atoms with van der Waals surface area (Å²) >= 11 is 0. The van der Waals surface area contributed by atoms with Gasteiger partial charge in [0.15, 0.2) is 5.78 Å². The summed E-state index contributed by atoms with van der Waals surface area (Å²) in [7, 11) is 1.56. The monoisotopic (exact) mass is 416 g/mol. The molecule has 0 saturated heterocycles. The van der Waals surface area contributed by atoms with Gasteiger partial charge in [-0.15, -0.1) is 0 Å². The molecule has 0 unspecified atom stereocenters. The number of methoxy groups -OCH3 is 1. The fraction of sp³-hybridized carbons (Fsp3) is 0.0400. The molecular formula is C25H18F2N2O2. The molecule has 0 atom stereocenters. The number of ketones is 1. The van der Waals surface area contributed by atoms with Crippen molar-refractivity contribution in [2.45, 2.75) is 0 Å². The minimum atomic E-state index is -0.903. The van der Waals surface area contributed by atoms with Crippen molar-refractivity contribution in [3.8, 4) is 22.7 Å². The van der Waals surface area contributed by atoms with Gasteiger partial charge in [0.2, 0.25) is 0 Å².